The molecule has 0 saturated carbocycles. The average Bonchev–Trinajstić information content (AvgIpc) is 2.53. The Balaban J connectivity index is 1.86. The van der Waals surface area contributed by atoms with Gasteiger partial charge >= 0.3 is 6.09 Å². The van der Waals surface area contributed by atoms with E-state index in [1.165, 1.54) is 11.0 Å². The van der Waals surface area contributed by atoms with E-state index in [9.17, 15) is 9.59 Å². The Bertz CT molecular complexity index is 849. The molecule has 0 atom stereocenters. The summed E-state index contributed by atoms with van der Waals surface area (Å²) in [5, 5.41) is 0.622. The first-order valence-corrected chi connectivity index (χ1v) is 8.50. The molecule has 1 aliphatic heterocycles. The second-order valence-corrected chi connectivity index (χ2v) is 7.47. The van der Waals surface area contributed by atoms with E-state index in [2.05, 4.69) is 0 Å². The summed E-state index contributed by atoms with van der Waals surface area (Å²) in [6.45, 7) is 6.10. The number of hydrogen-bond donors (Lipinski definition) is 0. The van der Waals surface area contributed by atoms with Crippen LogP contribution in [0.5, 0.6) is 0 Å². The first-order valence-electron chi connectivity index (χ1n) is 8.13. The van der Waals surface area contributed by atoms with Crippen LogP contribution in [0.25, 0.3) is 11.3 Å². The molecule has 1 amide bonds. The minimum Gasteiger partial charge on any atom is -0.460 e. The third-order valence-electron chi connectivity index (χ3n) is 3.87. The fourth-order valence-corrected chi connectivity index (χ4v) is 2.81. The van der Waals surface area contributed by atoms with E-state index in [0.717, 1.165) is 5.56 Å². The normalized spacial score (nSPS) is 14.2. The van der Waals surface area contributed by atoms with Gasteiger partial charge in [0.25, 0.3) is 0 Å². The van der Waals surface area contributed by atoms with Crippen molar-refractivity contribution in [3.8, 4) is 11.3 Å². The van der Waals surface area contributed by atoms with Gasteiger partial charge in [-0.3, -0.25) is 4.79 Å². The van der Waals surface area contributed by atoms with Crippen molar-refractivity contribution in [3.05, 3.63) is 56.9 Å². The summed E-state index contributed by atoms with van der Waals surface area (Å²) < 4.78 is 11.3. The van der Waals surface area contributed by atoms with E-state index < -0.39 is 11.7 Å². The molecule has 2 aromatic rings. The van der Waals surface area contributed by atoms with Gasteiger partial charge in [-0.05, 0) is 45.0 Å². The minimum absolute atomic E-state index is 0.139. The van der Waals surface area contributed by atoms with Gasteiger partial charge in [-0.15, -0.1) is 0 Å². The number of ether oxygens (including phenoxy) is 1. The fraction of sp³-hybridized carbons (Fsp3) is 0.368. The summed E-state index contributed by atoms with van der Waals surface area (Å²) in [6, 6.07) is 8.58. The van der Waals surface area contributed by atoms with Crippen molar-refractivity contribution < 1.29 is 13.9 Å². The van der Waals surface area contributed by atoms with Gasteiger partial charge in [-0.25, -0.2) is 4.79 Å². The van der Waals surface area contributed by atoms with Crippen LogP contribution < -0.4 is 5.43 Å². The molecule has 0 N–H and O–H groups in total. The van der Waals surface area contributed by atoms with Crippen LogP contribution in [-0.4, -0.2) is 23.1 Å². The predicted molar refractivity (Wildman–Crippen MR) is 95.8 cm³/mol. The SMILES string of the molecule is CC(C)(C)OC(=O)N1CCc2oc(-c3ccc(Cl)cc3)cc(=O)c2C1. The van der Waals surface area contributed by atoms with Crippen LogP contribution in [0, 0.1) is 0 Å². The molecular weight excluding hydrogens is 342 g/mol. The van der Waals surface area contributed by atoms with E-state index in [1.54, 1.807) is 12.1 Å². The number of amides is 1. The third-order valence-corrected chi connectivity index (χ3v) is 4.12. The molecular formula is C19H20ClNO4. The lowest BCUT2D eigenvalue weighted by molar-refractivity contribution is 0.0216. The average molecular weight is 362 g/mol. The molecule has 0 radical (unpaired) electrons. The van der Waals surface area contributed by atoms with Crippen molar-refractivity contribution in [1.82, 2.24) is 4.90 Å². The van der Waals surface area contributed by atoms with Crippen molar-refractivity contribution in [1.29, 1.82) is 0 Å². The predicted octanol–water partition coefficient (Wildman–Crippen LogP) is 4.25. The highest BCUT2D eigenvalue weighted by molar-refractivity contribution is 6.30. The Hall–Kier alpha value is -2.27. The Morgan fingerprint density at radius 3 is 2.56 bits per heavy atom. The Morgan fingerprint density at radius 1 is 1.24 bits per heavy atom. The summed E-state index contributed by atoms with van der Waals surface area (Å²) in [4.78, 5) is 26.3. The highest BCUT2D eigenvalue weighted by atomic mass is 35.5. The number of benzene rings is 1. The number of nitrogens with zero attached hydrogens (tertiary/aromatic N) is 1. The molecule has 0 fully saturated rings. The maximum Gasteiger partial charge on any atom is 0.410 e. The molecule has 1 aromatic heterocycles. The van der Waals surface area contributed by atoms with Crippen LogP contribution in [0.3, 0.4) is 0 Å². The maximum atomic E-state index is 12.5. The number of carbonyl (C=O) groups is 1. The Morgan fingerprint density at radius 2 is 1.92 bits per heavy atom. The van der Waals surface area contributed by atoms with Crippen LogP contribution >= 0.6 is 11.6 Å². The molecule has 5 nitrogen and oxygen atoms in total. The largest absolute Gasteiger partial charge is 0.460 e. The lowest BCUT2D eigenvalue weighted by Gasteiger charge is -2.30. The van der Waals surface area contributed by atoms with E-state index in [4.69, 9.17) is 20.8 Å². The van der Waals surface area contributed by atoms with Crippen molar-refractivity contribution >= 4 is 17.7 Å². The van der Waals surface area contributed by atoms with Gasteiger partial charge in [0.2, 0.25) is 0 Å². The number of fused-ring (bicyclic) bond motifs is 1. The first kappa shape index (κ1) is 17.5. The lowest BCUT2D eigenvalue weighted by atomic mass is 10.1. The summed E-state index contributed by atoms with van der Waals surface area (Å²) in [7, 11) is 0. The lowest BCUT2D eigenvalue weighted by Crippen LogP contribution is -2.41. The van der Waals surface area contributed by atoms with Crippen LogP contribution in [0.4, 0.5) is 4.79 Å². The molecule has 25 heavy (non-hydrogen) atoms. The standard InChI is InChI=1S/C19H20ClNO4/c1-19(2,3)25-18(23)21-9-8-16-14(11-21)15(22)10-17(24-16)12-4-6-13(20)7-5-12/h4-7,10H,8-9,11H2,1-3H3. The van der Waals surface area contributed by atoms with Crippen molar-refractivity contribution in [3.63, 3.8) is 0 Å². The molecule has 0 aliphatic carbocycles. The number of halogens is 1. The van der Waals surface area contributed by atoms with Gasteiger partial charge in [0.05, 0.1) is 12.1 Å². The van der Waals surface area contributed by atoms with Gasteiger partial charge in [0.1, 0.15) is 17.1 Å². The zero-order valence-electron chi connectivity index (χ0n) is 14.5. The van der Waals surface area contributed by atoms with E-state index in [-0.39, 0.29) is 12.0 Å². The maximum absolute atomic E-state index is 12.5. The summed E-state index contributed by atoms with van der Waals surface area (Å²) in [5.74, 6) is 1.13. The van der Waals surface area contributed by atoms with Crippen LogP contribution in [0.1, 0.15) is 32.1 Å². The van der Waals surface area contributed by atoms with Crippen molar-refractivity contribution in [2.24, 2.45) is 0 Å². The van der Waals surface area contributed by atoms with Gasteiger partial charge in [0, 0.05) is 29.6 Å². The number of rotatable bonds is 1. The second-order valence-electron chi connectivity index (χ2n) is 7.04. The highest BCUT2D eigenvalue weighted by Crippen LogP contribution is 2.25. The number of hydrogen-bond acceptors (Lipinski definition) is 4. The van der Waals surface area contributed by atoms with Gasteiger partial charge in [-0.2, -0.15) is 0 Å². The van der Waals surface area contributed by atoms with E-state index in [0.29, 0.717) is 35.1 Å². The molecule has 0 bridgehead atoms. The van der Waals surface area contributed by atoms with E-state index >= 15 is 0 Å². The van der Waals surface area contributed by atoms with Crippen LogP contribution in [-0.2, 0) is 17.7 Å². The van der Waals surface area contributed by atoms with Gasteiger partial charge in [0.15, 0.2) is 5.43 Å². The monoisotopic (exact) mass is 361 g/mol. The zero-order chi connectivity index (χ0) is 18.2. The Kier molecular flexibility index (Phi) is 4.60. The molecule has 6 heteroatoms. The number of carbonyl (C=O) groups excluding carboxylic acids is 1. The minimum atomic E-state index is -0.569. The fourth-order valence-electron chi connectivity index (χ4n) is 2.68. The zero-order valence-corrected chi connectivity index (χ0v) is 15.2. The molecule has 0 spiro atoms. The topological polar surface area (TPSA) is 59.8 Å². The second kappa shape index (κ2) is 6.56. The van der Waals surface area contributed by atoms with Crippen molar-refractivity contribution in [2.75, 3.05) is 6.54 Å². The summed E-state index contributed by atoms with van der Waals surface area (Å²) in [5.41, 5.74) is 0.591. The quantitative estimate of drug-likeness (QED) is 0.761. The van der Waals surface area contributed by atoms with Crippen LogP contribution in [0.2, 0.25) is 5.02 Å². The Labute approximate surface area is 151 Å². The smallest absolute Gasteiger partial charge is 0.410 e. The molecule has 2 heterocycles. The molecule has 132 valence electrons. The summed E-state index contributed by atoms with van der Waals surface area (Å²) in [6.07, 6.45) is 0.0601. The van der Waals surface area contributed by atoms with Crippen LogP contribution in [0.15, 0.2) is 39.5 Å². The highest BCUT2D eigenvalue weighted by Gasteiger charge is 2.28. The first-order chi connectivity index (χ1) is 11.7. The summed E-state index contributed by atoms with van der Waals surface area (Å²) >= 11 is 5.90. The molecule has 1 aliphatic rings. The molecule has 0 unspecified atom stereocenters. The molecule has 3 rings (SSSR count). The van der Waals surface area contributed by atoms with Crippen molar-refractivity contribution in [2.45, 2.75) is 39.3 Å². The molecule has 1 aromatic carbocycles. The molecule has 0 saturated heterocycles. The van der Waals surface area contributed by atoms with Gasteiger partial charge < -0.3 is 14.1 Å². The third kappa shape index (κ3) is 4.04. The van der Waals surface area contributed by atoms with E-state index in [1.807, 2.05) is 32.9 Å². The van der Waals surface area contributed by atoms with Gasteiger partial charge in [-0.1, -0.05) is 11.6 Å².